The molecule has 1 aromatic heterocycles. The molecule has 0 radical (unpaired) electrons. The number of hydrogen-bond acceptors (Lipinski definition) is 9. The number of amides is 1. The number of aryl methyl sites for hydroxylation is 1. The standard InChI is InChI=1S/C21H34FN3O3.C14H17N3O.C3H6/c1-5-6-18(21(26)24-19-7-9-20(28-4)10-8-19)15-25(12-11-23-2)14-17(13-22)16-27-3;1-11-9-13(6-8-17-11)14(16)5-4-12(10-18)3-2-7-15;1-3-2/h7-10,16,18,23H,5-6,11-15H2,1-4H3,(H,24,26);2,4-10,12,16H,3,15H2,1H3;3H,1H2,2H3/b17-16-;5-4+,7-2+,16-14?;. The van der Waals surface area contributed by atoms with Crippen molar-refractivity contribution in [2.24, 2.45) is 17.6 Å². The van der Waals surface area contributed by atoms with Crippen LogP contribution < -0.4 is 21.1 Å². The van der Waals surface area contributed by atoms with Crippen molar-refractivity contribution in [1.82, 2.24) is 15.2 Å². The van der Waals surface area contributed by atoms with E-state index in [1.807, 2.05) is 51.2 Å². The Morgan fingerprint density at radius 1 is 1.22 bits per heavy atom. The first-order chi connectivity index (χ1) is 23.7. The van der Waals surface area contributed by atoms with E-state index < -0.39 is 6.67 Å². The van der Waals surface area contributed by atoms with Crippen LogP contribution in [0.25, 0.3) is 0 Å². The predicted molar refractivity (Wildman–Crippen MR) is 200 cm³/mol. The molecule has 11 heteroatoms. The van der Waals surface area contributed by atoms with Gasteiger partial charge in [-0.3, -0.25) is 14.7 Å². The van der Waals surface area contributed by atoms with Gasteiger partial charge in [0.15, 0.2) is 0 Å². The van der Waals surface area contributed by atoms with Crippen LogP contribution in [-0.4, -0.2) is 81.9 Å². The highest BCUT2D eigenvalue weighted by Gasteiger charge is 2.22. The van der Waals surface area contributed by atoms with Crippen molar-refractivity contribution in [3.05, 3.63) is 103 Å². The summed E-state index contributed by atoms with van der Waals surface area (Å²) in [5, 5.41) is 14.0. The van der Waals surface area contributed by atoms with Crippen LogP contribution in [0.1, 0.15) is 44.4 Å². The number of aromatic nitrogens is 1. The molecule has 0 saturated heterocycles. The number of nitrogens with zero attached hydrogens (tertiary/aromatic N) is 2. The van der Waals surface area contributed by atoms with E-state index in [0.29, 0.717) is 37.3 Å². The van der Waals surface area contributed by atoms with E-state index in [0.717, 1.165) is 48.4 Å². The number of rotatable bonds is 20. The van der Waals surface area contributed by atoms with Gasteiger partial charge >= 0.3 is 0 Å². The van der Waals surface area contributed by atoms with Crippen LogP contribution in [0.2, 0.25) is 0 Å². The molecule has 0 aliphatic rings. The Bertz CT molecular complexity index is 1310. The molecule has 2 unspecified atom stereocenters. The molecule has 270 valence electrons. The number of ether oxygens (including phenoxy) is 2. The topological polar surface area (TPSA) is 143 Å². The second-order valence-corrected chi connectivity index (χ2v) is 11.0. The van der Waals surface area contributed by atoms with E-state index >= 15 is 0 Å². The van der Waals surface area contributed by atoms with Crippen molar-refractivity contribution >= 4 is 23.6 Å². The molecule has 0 bridgehead atoms. The fourth-order valence-electron chi connectivity index (χ4n) is 4.40. The molecule has 10 nitrogen and oxygen atoms in total. The Kier molecular flexibility index (Phi) is 25.7. The number of hydrogen-bond donors (Lipinski definition) is 4. The Hall–Kier alpha value is -4.61. The maximum absolute atomic E-state index is 13.2. The minimum Gasteiger partial charge on any atom is -0.504 e. The second-order valence-electron chi connectivity index (χ2n) is 11.0. The van der Waals surface area contributed by atoms with E-state index in [1.165, 1.54) is 19.6 Å². The lowest BCUT2D eigenvalue weighted by Gasteiger charge is -2.27. The van der Waals surface area contributed by atoms with Crippen molar-refractivity contribution in [3.63, 3.8) is 0 Å². The normalized spacial score (nSPS) is 12.3. The van der Waals surface area contributed by atoms with Crippen LogP contribution in [0.5, 0.6) is 5.75 Å². The number of alkyl halides is 1. The quantitative estimate of drug-likeness (QED) is 0.0556. The average Bonchev–Trinajstić information content (AvgIpc) is 3.10. The number of benzene rings is 1. The number of allylic oxidation sites excluding steroid dienone is 4. The predicted octanol–water partition coefficient (Wildman–Crippen LogP) is 6.26. The highest BCUT2D eigenvalue weighted by molar-refractivity contribution is 6.06. The van der Waals surface area contributed by atoms with E-state index in [-0.39, 0.29) is 17.7 Å². The zero-order chi connectivity index (χ0) is 36.9. The number of halogens is 1. The first-order valence-electron chi connectivity index (χ1n) is 16.3. The van der Waals surface area contributed by atoms with E-state index in [2.05, 4.69) is 34.0 Å². The molecule has 0 saturated carbocycles. The second kappa shape index (κ2) is 28.4. The molecule has 0 aliphatic carbocycles. The summed E-state index contributed by atoms with van der Waals surface area (Å²) in [6.07, 6.45) is 14.4. The molecule has 49 heavy (non-hydrogen) atoms. The number of aldehydes is 1. The smallest absolute Gasteiger partial charge is 0.228 e. The molecular weight excluding hydrogens is 623 g/mol. The average molecular weight is 681 g/mol. The number of pyridine rings is 1. The molecule has 5 N–H and O–H groups in total. The first-order valence-corrected chi connectivity index (χ1v) is 16.3. The van der Waals surface area contributed by atoms with Gasteiger partial charge in [-0.05, 0) is 82.4 Å². The molecule has 1 amide bonds. The third kappa shape index (κ3) is 20.4. The zero-order valence-corrected chi connectivity index (χ0v) is 30.1. The van der Waals surface area contributed by atoms with Gasteiger partial charge in [0.2, 0.25) is 5.91 Å². The third-order valence-electron chi connectivity index (χ3n) is 6.84. The van der Waals surface area contributed by atoms with Crippen LogP contribution in [0.4, 0.5) is 10.1 Å². The number of nitrogens with one attached hydrogen (secondary N) is 3. The van der Waals surface area contributed by atoms with E-state index in [4.69, 9.17) is 20.6 Å². The van der Waals surface area contributed by atoms with Gasteiger partial charge in [-0.15, -0.1) is 6.58 Å². The van der Waals surface area contributed by atoms with Gasteiger partial charge in [-0.25, -0.2) is 4.39 Å². The van der Waals surface area contributed by atoms with E-state index in [9.17, 15) is 14.0 Å². The van der Waals surface area contributed by atoms with Gasteiger partial charge in [0.05, 0.1) is 32.1 Å². The molecule has 0 spiro atoms. The van der Waals surface area contributed by atoms with Gasteiger partial charge in [0, 0.05) is 60.8 Å². The van der Waals surface area contributed by atoms with Crippen LogP contribution in [0.15, 0.2) is 91.5 Å². The molecular formula is C38H57FN6O4. The summed E-state index contributed by atoms with van der Waals surface area (Å²) in [7, 11) is 4.99. The lowest BCUT2D eigenvalue weighted by Crippen LogP contribution is -2.40. The van der Waals surface area contributed by atoms with Crippen molar-refractivity contribution in [2.45, 2.75) is 40.0 Å². The third-order valence-corrected chi connectivity index (χ3v) is 6.84. The number of likely N-dealkylation sites (N-methyl/N-ethyl adjacent to an activating group) is 1. The molecule has 0 fully saturated rings. The highest BCUT2D eigenvalue weighted by atomic mass is 19.1. The summed E-state index contributed by atoms with van der Waals surface area (Å²) in [6, 6.07) is 10.9. The Morgan fingerprint density at radius 2 is 1.92 bits per heavy atom. The summed E-state index contributed by atoms with van der Waals surface area (Å²) in [6.45, 7) is 11.1. The summed E-state index contributed by atoms with van der Waals surface area (Å²) in [4.78, 5) is 29.8. The van der Waals surface area contributed by atoms with Gasteiger partial charge in [-0.1, -0.05) is 31.6 Å². The maximum Gasteiger partial charge on any atom is 0.228 e. The molecule has 2 rings (SSSR count). The Balaban J connectivity index is 0.000000940. The number of methoxy groups -OCH3 is 2. The minimum atomic E-state index is -0.569. The van der Waals surface area contributed by atoms with Gasteiger partial charge in [0.25, 0.3) is 0 Å². The number of anilines is 1. The van der Waals surface area contributed by atoms with Crippen molar-refractivity contribution in [3.8, 4) is 5.75 Å². The van der Waals surface area contributed by atoms with Crippen LogP contribution in [-0.2, 0) is 14.3 Å². The summed E-state index contributed by atoms with van der Waals surface area (Å²) in [5.74, 6) is 0.282. The van der Waals surface area contributed by atoms with E-state index in [1.54, 1.807) is 43.7 Å². The van der Waals surface area contributed by atoms with Crippen LogP contribution in [0.3, 0.4) is 0 Å². The van der Waals surface area contributed by atoms with Gasteiger partial charge < -0.3 is 36.0 Å². The van der Waals surface area contributed by atoms with Crippen LogP contribution in [0, 0.1) is 24.2 Å². The number of carbonyl (C=O) groups is 2. The molecule has 2 atom stereocenters. The lowest BCUT2D eigenvalue weighted by atomic mass is 10.0. The molecule has 0 aliphatic heterocycles. The number of carbonyl (C=O) groups excluding carboxylic acids is 2. The van der Waals surface area contributed by atoms with Gasteiger partial charge in [-0.2, -0.15) is 0 Å². The zero-order valence-electron chi connectivity index (χ0n) is 30.1. The highest BCUT2D eigenvalue weighted by Crippen LogP contribution is 2.18. The summed E-state index contributed by atoms with van der Waals surface area (Å²) < 4.78 is 23.4. The molecule has 1 aromatic carbocycles. The fraction of sp³-hybridized carbons (Fsp3) is 0.421. The summed E-state index contributed by atoms with van der Waals surface area (Å²) in [5.41, 5.74) is 8.54. The lowest BCUT2D eigenvalue weighted by molar-refractivity contribution is -0.120. The monoisotopic (exact) mass is 680 g/mol. The molecule has 2 aromatic rings. The van der Waals surface area contributed by atoms with Crippen LogP contribution >= 0.6 is 0 Å². The van der Waals surface area contributed by atoms with Crippen molar-refractivity contribution in [2.75, 3.05) is 59.4 Å². The summed E-state index contributed by atoms with van der Waals surface area (Å²) >= 11 is 0. The molecule has 1 heterocycles. The SMILES string of the molecule is C=CC.CCCC(CN(CCNC)C/C(=C\OC)CF)C(=O)Nc1ccc(OC)cc1.Cc1cc(C(=N)/C=C/C(C=O)C/C=C/N)ccn1. The fourth-order valence-corrected chi connectivity index (χ4v) is 4.40. The van der Waals surface area contributed by atoms with Crippen molar-refractivity contribution < 1.29 is 23.5 Å². The minimum absolute atomic E-state index is 0.0287. The van der Waals surface area contributed by atoms with Gasteiger partial charge in [0.1, 0.15) is 18.7 Å². The first kappa shape index (κ1) is 44.4. The Labute approximate surface area is 292 Å². The van der Waals surface area contributed by atoms with Crippen molar-refractivity contribution in [1.29, 1.82) is 5.41 Å². The maximum atomic E-state index is 13.2. The number of nitrogens with two attached hydrogens (primary N) is 1. The largest absolute Gasteiger partial charge is 0.504 e. The Morgan fingerprint density at radius 3 is 2.45 bits per heavy atom.